The summed E-state index contributed by atoms with van der Waals surface area (Å²) in [5, 5.41) is 0. The third-order valence-corrected chi connectivity index (χ3v) is 15.0. The minimum absolute atomic E-state index is 0.113. The van der Waals surface area contributed by atoms with E-state index in [1.165, 1.54) is 64.2 Å². The number of epoxide rings is 5. The fraction of sp³-hybridized carbons (Fsp3) is 0.947. The third-order valence-electron chi connectivity index (χ3n) is 15.0. The summed E-state index contributed by atoms with van der Waals surface area (Å²) in [6, 6.07) is 0. The van der Waals surface area contributed by atoms with Crippen LogP contribution in [0.5, 0.6) is 0 Å². The Bertz CT molecular complexity index is 1310. The van der Waals surface area contributed by atoms with E-state index in [9.17, 15) is 14.4 Å². The first-order valence-electron chi connectivity index (χ1n) is 29.2. The van der Waals surface area contributed by atoms with Crippen LogP contribution < -0.4 is 0 Å². The van der Waals surface area contributed by atoms with E-state index < -0.39 is 6.10 Å². The van der Waals surface area contributed by atoms with Crippen molar-refractivity contribution in [1.82, 2.24) is 0 Å². The number of ether oxygens (including phenoxy) is 9. The maximum absolute atomic E-state index is 12.9. The van der Waals surface area contributed by atoms with Crippen LogP contribution in [0.25, 0.3) is 0 Å². The predicted molar refractivity (Wildman–Crippen MR) is 269 cm³/mol. The maximum Gasteiger partial charge on any atom is 0.306 e. The quantitative estimate of drug-likeness (QED) is 0.0247. The van der Waals surface area contributed by atoms with Crippen molar-refractivity contribution in [3.8, 4) is 0 Å². The van der Waals surface area contributed by atoms with Crippen LogP contribution in [0.4, 0.5) is 0 Å². The summed E-state index contributed by atoms with van der Waals surface area (Å²) >= 11 is 0. The van der Waals surface area contributed by atoms with Crippen LogP contribution >= 0.6 is 0 Å². The molecule has 0 spiro atoms. The second kappa shape index (κ2) is 34.6. The molecule has 0 aliphatic carbocycles. The Labute approximate surface area is 419 Å². The van der Waals surface area contributed by atoms with Crippen LogP contribution in [0, 0.1) is 0 Å². The molecule has 5 rings (SSSR count). The molecule has 0 radical (unpaired) electrons. The van der Waals surface area contributed by atoms with E-state index in [0.717, 1.165) is 148 Å². The van der Waals surface area contributed by atoms with E-state index in [1.54, 1.807) is 0 Å². The molecule has 12 heteroatoms. The molecule has 69 heavy (non-hydrogen) atoms. The van der Waals surface area contributed by atoms with E-state index in [4.69, 9.17) is 42.6 Å². The number of rotatable bonds is 48. The zero-order chi connectivity index (χ0) is 48.9. The molecule has 5 aliphatic rings. The predicted octanol–water partition coefficient (Wildman–Crippen LogP) is 12.9. The highest BCUT2D eigenvalue weighted by Crippen LogP contribution is 2.40. The number of unbranched alkanes of at least 4 members (excludes halogenated alkanes) is 18. The molecule has 5 aliphatic heterocycles. The van der Waals surface area contributed by atoms with Crippen molar-refractivity contribution < 1.29 is 57.0 Å². The van der Waals surface area contributed by atoms with Gasteiger partial charge in [-0.05, 0) is 64.7 Å². The van der Waals surface area contributed by atoms with Gasteiger partial charge < -0.3 is 42.6 Å². The van der Waals surface area contributed by atoms with E-state index in [1.807, 2.05) is 0 Å². The van der Waals surface area contributed by atoms with Gasteiger partial charge in [-0.25, -0.2) is 0 Å². The summed E-state index contributed by atoms with van der Waals surface area (Å²) in [7, 11) is 0. The van der Waals surface area contributed by atoms with E-state index in [2.05, 4.69) is 27.7 Å². The standard InChI is InChI=1S/C57H100O12/c1-5-8-20-29-46-51(66-46)39-53-48(68-53)32-23-14-11-17-25-34-55(58)62-41-44(64-57(60)36-27-19-13-16-22-31-45-50(65-45)38-43(4)61-37-28-10-7-3)42-63-56(59)35-26-18-12-15-24-33-49-54(69-49)40-52-47(67-52)30-21-9-6-2/h43-54H,5-42H2,1-4H3. The molecule has 0 bridgehead atoms. The second-order valence-electron chi connectivity index (χ2n) is 21.5. The van der Waals surface area contributed by atoms with Gasteiger partial charge in [0.15, 0.2) is 6.10 Å². The summed E-state index contributed by atoms with van der Waals surface area (Å²) in [6.07, 6.45) is 39.3. The minimum Gasteiger partial charge on any atom is -0.462 e. The summed E-state index contributed by atoms with van der Waals surface area (Å²) in [4.78, 5) is 38.4. The number of hydrogen-bond acceptors (Lipinski definition) is 12. The van der Waals surface area contributed by atoms with Crippen LogP contribution in [-0.2, 0) is 57.0 Å². The summed E-state index contributed by atoms with van der Waals surface area (Å²) in [6.45, 7) is 9.45. The molecule has 5 saturated heterocycles. The van der Waals surface area contributed by atoms with Crippen molar-refractivity contribution in [2.75, 3.05) is 19.8 Å². The average Bonchev–Trinajstić information content (AvgIpc) is 4.06. The first-order chi connectivity index (χ1) is 33.8. The lowest BCUT2D eigenvalue weighted by atomic mass is 10.0. The number of carbonyl (C=O) groups excluding carboxylic acids is 3. The Hall–Kier alpha value is -1.83. The van der Waals surface area contributed by atoms with Crippen molar-refractivity contribution >= 4 is 17.9 Å². The molecule has 0 aromatic rings. The van der Waals surface area contributed by atoms with Gasteiger partial charge in [-0.2, -0.15) is 0 Å². The molecule has 0 aromatic heterocycles. The van der Waals surface area contributed by atoms with Crippen molar-refractivity contribution in [1.29, 1.82) is 0 Å². The minimum atomic E-state index is -0.819. The van der Waals surface area contributed by atoms with Crippen molar-refractivity contribution in [3.05, 3.63) is 0 Å². The number of esters is 3. The molecule has 5 heterocycles. The number of hydrogen-bond donors (Lipinski definition) is 0. The van der Waals surface area contributed by atoms with Crippen molar-refractivity contribution in [3.63, 3.8) is 0 Å². The molecule has 11 unspecified atom stereocenters. The van der Waals surface area contributed by atoms with Crippen LogP contribution in [-0.4, -0.2) is 111 Å². The SMILES string of the molecule is CCCCCOC(C)CC1OC1CCCCCCCC(=O)OC(COC(=O)CCCCCCCC1OC1CC1OC1CCCCC)COC(=O)CCCCCCCC1OC1CC1OC1CCCCC. The van der Waals surface area contributed by atoms with Crippen molar-refractivity contribution in [2.45, 2.75) is 326 Å². The second-order valence-corrected chi connectivity index (χ2v) is 21.5. The molecule has 0 aromatic carbocycles. The molecule has 12 nitrogen and oxygen atoms in total. The van der Waals surface area contributed by atoms with Gasteiger partial charge in [-0.15, -0.1) is 0 Å². The molecule has 400 valence electrons. The fourth-order valence-corrected chi connectivity index (χ4v) is 10.2. The first-order valence-corrected chi connectivity index (χ1v) is 29.2. The topological polar surface area (TPSA) is 151 Å². The highest BCUT2D eigenvalue weighted by atomic mass is 16.6. The molecular formula is C57H100O12. The largest absolute Gasteiger partial charge is 0.462 e. The van der Waals surface area contributed by atoms with Crippen LogP contribution in [0.3, 0.4) is 0 Å². The van der Waals surface area contributed by atoms with Crippen molar-refractivity contribution in [2.24, 2.45) is 0 Å². The normalized spacial score (nSPS) is 27.1. The van der Waals surface area contributed by atoms with Crippen LogP contribution in [0.15, 0.2) is 0 Å². The Kier molecular flexibility index (Phi) is 29.1. The Morgan fingerprint density at radius 2 is 0.725 bits per heavy atom. The lowest BCUT2D eigenvalue weighted by Gasteiger charge is -2.18. The van der Waals surface area contributed by atoms with Crippen LogP contribution in [0.1, 0.15) is 252 Å². The smallest absolute Gasteiger partial charge is 0.306 e. The van der Waals surface area contributed by atoms with Gasteiger partial charge >= 0.3 is 17.9 Å². The summed E-state index contributed by atoms with van der Waals surface area (Å²) < 4.78 is 52.3. The monoisotopic (exact) mass is 977 g/mol. The lowest BCUT2D eigenvalue weighted by molar-refractivity contribution is -0.167. The zero-order valence-corrected chi connectivity index (χ0v) is 44.2. The van der Waals surface area contributed by atoms with Gasteiger partial charge in [-0.3, -0.25) is 14.4 Å². The molecule has 0 N–H and O–H groups in total. The molecule has 11 atom stereocenters. The third kappa shape index (κ3) is 27.2. The first kappa shape index (κ1) is 58.1. The number of carbonyl (C=O) groups is 3. The van der Waals surface area contributed by atoms with E-state index in [-0.39, 0.29) is 43.6 Å². The van der Waals surface area contributed by atoms with Gasteiger partial charge in [0.1, 0.15) is 13.2 Å². The maximum atomic E-state index is 12.9. The Balaban J connectivity index is 0.872. The molecular weight excluding hydrogens is 877 g/mol. The Morgan fingerprint density at radius 1 is 0.391 bits per heavy atom. The van der Waals surface area contributed by atoms with Gasteiger partial charge in [0.2, 0.25) is 0 Å². The zero-order valence-electron chi connectivity index (χ0n) is 44.2. The Morgan fingerprint density at radius 3 is 1.14 bits per heavy atom. The van der Waals surface area contributed by atoms with E-state index in [0.29, 0.717) is 73.9 Å². The molecule has 0 saturated carbocycles. The highest BCUT2D eigenvalue weighted by Gasteiger charge is 2.48. The fourth-order valence-electron chi connectivity index (χ4n) is 10.2. The molecule has 5 fully saturated rings. The summed E-state index contributed by atoms with van der Waals surface area (Å²) in [5.41, 5.74) is 0. The lowest BCUT2D eigenvalue weighted by Crippen LogP contribution is -2.30. The van der Waals surface area contributed by atoms with Gasteiger partial charge in [0.05, 0.1) is 67.1 Å². The van der Waals surface area contributed by atoms with Crippen LogP contribution in [0.2, 0.25) is 0 Å². The highest BCUT2D eigenvalue weighted by molar-refractivity contribution is 5.71. The van der Waals surface area contributed by atoms with Gasteiger partial charge in [0, 0.05) is 45.1 Å². The van der Waals surface area contributed by atoms with Gasteiger partial charge in [0.25, 0.3) is 0 Å². The average molecular weight is 977 g/mol. The molecule has 0 amide bonds. The van der Waals surface area contributed by atoms with E-state index >= 15 is 0 Å². The summed E-state index contributed by atoms with van der Waals surface area (Å²) in [5.74, 6) is -0.974. The van der Waals surface area contributed by atoms with Gasteiger partial charge in [-0.1, -0.05) is 149 Å².